The molecule has 0 aliphatic rings. The summed E-state index contributed by atoms with van der Waals surface area (Å²) in [7, 11) is 0. The maximum atomic E-state index is 8.95. The highest BCUT2D eigenvalue weighted by Gasteiger charge is 2.10. The van der Waals surface area contributed by atoms with Crippen molar-refractivity contribution in [1.82, 2.24) is 10.1 Å². The van der Waals surface area contributed by atoms with Gasteiger partial charge in [-0.2, -0.15) is 16.7 Å². The number of nitrogens with zero attached hydrogens (tertiary/aromatic N) is 2. The van der Waals surface area contributed by atoms with Gasteiger partial charge >= 0.3 is 0 Å². The molecule has 1 aromatic carbocycles. The van der Waals surface area contributed by atoms with Gasteiger partial charge in [0, 0.05) is 12.2 Å². The Morgan fingerprint density at radius 3 is 2.89 bits per heavy atom. The third-order valence-electron chi connectivity index (χ3n) is 2.79. The van der Waals surface area contributed by atoms with Crippen LogP contribution in [0.3, 0.4) is 0 Å². The summed E-state index contributed by atoms with van der Waals surface area (Å²) >= 11 is 1.70. The van der Waals surface area contributed by atoms with E-state index in [0.717, 1.165) is 16.9 Å². The fourth-order valence-electron chi connectivity index (χ4n) is 1.65. The van der Waals surface area contributed by atoms with Crippen molar-refractivity contribution in [2.45, 2.75) is 19.6 Å². The summed E-state index contributed by atoms with van der Waals surface area (Å²) in [6.07, 6.45) is 0. The van der Waals surface area contributed by atoms with Crippen LogP contribution < -0.4 is 0 Å². The summed E-state index contributed by atoms with van der Waals surface area (Å²) in [4.78, 5) is 4.40. The van der Waals surface area contributed by atoms with Crippen LogP contribution in [0.25, 0.3) is 11.4 Å². The smallest absolute Gasteiger partial charge is 0.236 e. The van der Waals surface area contributed by atoms with Gasteiger partial charge in [-0.1, -0.05) is 36.3 Å². The molecule has 2 rings (SSSR count). The van der Waals surface area contributed by atoms with Gasteiger partial charge in [-0.25, -0.2) is 0 Å². The molecule has 0 saturated heterocycles. The third kappa shape index (κ3) is 3.81. The summed E-state index contributed by atoms with van der Waals surface area (Å²) in [5.41, 5.74) is 2.14. The topological polar surface area (TPSA) is 59.2 Å². The van der Waals surface area contributed by atoms with Crippen LogP contribution in [-0.4, -0.2) is 27.6 Å². The highest BCUT2D eigenvalue weighted by molar-refractivity contribution is 7.98. The Bertz CT molecular complexity index is 528. The van der Waals surface area contributed by atoms with Crippen LogP contribution in [0.15, 0.2) is 28.8 Å². The zero-order chi connectivity index (χ0) is 13.7. The molecule has 1 unspecified atom stereocenters. The predicted molar refractivity (Wildman–Crippen MR) is 76.9 cm³/mol. The Morgan fingerprint density at radius 1 is 1.37 bits per heavy atom. The van der Waals surface area contributed by atoms with Gasteiger partial charge in [-0.15, -0.1) is 0 Å². The summed E-state index contributed by atoms with van der Waals surface area (Å²) in [6, 6.07) is 7.98. The first kappa shape index (κ1) is 14.1. The van der Waals surface area contributed by atoms with Crippen molar-refractivity contribution in [1.29, 1.82) is 0 Å². The van der Waals surface area contributed by atoms with E-state index >= 15 is 0 Å². The van der Waals surface area contributed by atoms with Crippen molar-refractivity contribution < 1.29 is 9.63 Å². The van der Waals surface area contributed by atoms with Gasteiger partial charge in [0.05, 0.1) is 5.75 Å². The second-order valence-corrected chi connectivity index (χ2v) is 5.66. The van der Waals surface area contributed by atoms with E-state index in [4.69, 9.17) is 9.63 Å². The molecule has 2 aromatic rings. The first-order valence-corrected chi connectivity index (χ1v) is 7.43. The molecule has 0 bridgehead atoms. The number of hydrogen-bond acceptors (Lipinski definition) is 5. The number of hydrogen-bond donors (Lipinski definition) is 1. The molecule has 4 nitrogen and oxygen atoms in total. The lowest BCUT2D eigenvalue weighted by molar-refractivity contribution is 0.250. The van der Waals surface area contributed by atoms with Gasteiger partial charge in [0.2, 0.25) is 11.7 Å². The molecule has 0 saturated carbocycles. The standard InChI is InChI=1S/C14H18N2O2S/c1-10(7-17)8-19-9-13-15-14(16-18-13)12-6-4-3-5-11(12)2/h3-6,10,17H,7-9H2,1-2H3. The number of aromatic nitrogens is 2. The molecule has 0 fully saturated rings. The van der Waals surface area contributed by atoms with Crippen LogP contribution in [-0.2, 0) is 5.75 Å². The number of aryl methyl sites for hydroxylation is 1. The first-order chi connectivity index (χ1) is 9.20. The van der Waals surface area contributed by atoms with Crippen LogP contribution >= 0.6 is 11.8 Å². The van der Waals surface area contributed by atoms with Gasteiger partial charge in [0.1, 0.15) is 0 Å². The maximum Gasteiger partial charge on any atom is 0.236 e. The Balaban J connectivity index is 1.98. The summed E-state index contributed by atoms with van der Waals surface area (Å²) in [5, 5.41) is 13.0. The molecule has 1 aromatic heterocycles. The molecule has 102 valence electrons. The summed E-state index contributed by atoms with van der Waals surface area (Å²) < 4.78 is 5.25. The first-order valence-electron chi connectivity index (χ1n) is 6.28. The molecule has 1 atom stereocenters. The van der Waals surface area contributed by atoms with Crippen LogP contribution in [0.5, 0.6) is 0 Å². The Morgan fingerprint density at radius 2 is 2.16 bits per heavy atom. The van der Waals surface area contributed by atoms with Crippen molar-refractivity contribution in [2.24, 2.45) is 5.92 Å². The van der Waals surface area contributed by atoms with Gasteiger partial charge in [0.25, 0.3) is 0 Å². The van der Waals surface area contributed by atoms with E-state index in [0.29, 0.717) is 23.4 Å². The molecular formula is C14H18N2O2S. The molecule has 0 aliphatic carbocycles. The van der Waals surface area contributed by atoms with E-state index in [1.54, 1.807) is 11.8 Å². The van der Waals surface area contributed by atoms with E-state index in [2.05, 4.69) is 10.1 Å². The second kappa shape index (κ2) is 6.73. The minimum Gasteiger partial charge on any atom is -0.396 e. The fourth-order valence-corrected chi connectivity index (χ4v) is 2.56. The largest absolute Gasteiger partial charge is 0.396 e. The van der Waals surface area contributed by atoms with Crippen molar-refractivity contribution in [3.63, 3.8) is 0 Å². The third-order valence-corrected chi connectivity index (χ3v) is 4.05. The zero-order valence-electron chi connectivity index (χ0n) is 11.2. The molecule has 1 heterocycles. The van der Waals surface area contributed by atoms with Crippen LogP contribution in [0.1, 0.15) is 18.4 Å². The minimum absolute atomic E-state index is 0.214. The maximum absolute atomic E-state index is 8.95. The summed E-state index contributed by atoms with van der Waals surface area (Å²) in [5.74, 6) is 3.14. The highest BCUT2D eigenvalue weighted by atomic mass is 32.2. The molecular weight excluding hydrogens is 260 g/mol. The molecule has 0 amide bonds. The van der Waals surface area contributed by atoms with E-state index in [1.165, 1.54) is 0 Å². The van der Waals surface area contributed by atoms with E-state index in [-0.39, 0.29) is 6.61 Å². The lowest BCUT2D eigenvalue weighted by Gasteiger charge is -2.04. The molecule has 0 radical (unpaired) electrons. The lowest BCUT2D eigenvalue weighted by Crippen LogP contribution is -2.03. The highest BCUT2D eigenvalue weighted by Crippen LogP contribution is 2.21. The molecule has 1 N–H and O–H groups in total. The summed E-state index contributed by atoms with van der Waals surface area (Å²) in [6.45, 7) is 4.26. The fraction of sp³-hybridized carbons (Fsp3) is 0.429. The number of benzene rings is 1. The Hall–Kier alpha value is -1.33. The number of rotatable bonds is 6. The normalized spacial score (nSPS) is 12.6. The SMILES string of the molecule is Cc1ccccc1-c1noc(CSCC(C)CO)n1. The Labute approximate surface area is 117 Å². The van der Waals surface area contributed by atoms with Crippen LogP contribution in [0, 0.1) is 12.8 Å². The molecule has 0 aliphatic heterocycles. The van der Waals surface area contributed by atoms with Crippen molar-refractivity contribution in [3.8, 4) is 11.4 Å². The second-order valence-electron chi connectivity index (χ2n) is 4.63. The number of thioether (sulfide) groups is 1. The van der Waals surface area contributed by atoms with E-state index < -0.39 is 0 Å². The molecule has 0 spiro atoms. The Kier molecular flexibility index (Phi) is 4.99. The zero-order valence-corrected chi connectivity index (χ0v) is 12.0. The molecule has 19 heavy (non-hydrogen) atoms. The average Bonchev–Trinajstić information content (AvgIpc) is 2.87. The van der Waals surface area contributed by atoms with Crippen molar-refractivity contribution in [2.75, 3.05) is 12.4 Å². The lowest BCUT2D eigenvalue weighted by atomic mass is 10.1. The van der Waals surface area contributed by atoms with Gasteiger partial charge in [0.15, 0.2) is 0 Å². The van der Waals surface area contributed by atoms with E-state index in [1.807, 2.05) is 38.1 Å². The van der Waals surface area contributed by atoms with Gasteiger partial charge < -0.3 is 9.63 Å². The molecule has 5 heteroatoms. The van der Waals surface area contributed by atoms with Gasteiger partial charge in [-0.3, -0.25) is 0 Å². The van der Waals surface area contributed by atoms with Crippen molar-refractivity contribution in [3.05, 3.63) is 35.7 Å². The quantitative estimate of drug-likeness (QED) is 0.880. The number of aliphatic hydroxyl groups is 1. The average molecular weight is 278 g/mol. The van der Waals surface area contributed by atoms with Crippen LogP contribution in [0.4, 0.5) is 0 Å². The van der Waals surface area contributed by atoms with E-state index in [9.17, 15) is 0 Å². The monoisotopic (exact) mass is 278 g/mol. The minimum atomic E-state index is 0.214. The number of aliphatic hydroxyl groups excluding tert-OH is 1. The van der Waals surface area contributed by atoms with Crippen molar-refractivity contribution >= 4 is 11.8 Å². The predicted octanol–water partition coefficient (Wildman–Crippen LogP) is 2.91. The van der Waals surface area contributed by atoms with Crippen LogP contribution in [0.2, 0.25) is 0 Å². The van der Waals surface area contributed by atoms with Gasteiger partial charge in [-0.05, 0) is 24.2 Å².